The Kier molecular flexibility index (Phi) is 5.88. The quantitative estimate of drug-likeness (QED) is 0.449. The van der Waals surface area contributed by atoms with Crippen LogP contribution in [0, 0.1) is 5.41 Å². The molecule has 0 aliphatic heterocycles. The molecule has 0 aliphatic rings. The SMILES string of the molecule is CCC(COCCOC)(C(=O)O)C(=O)O. The minimum absolute atomic E-state index is 0.0232. The third-order valence-corrected chi connectivity index (χ3v) is 2.20. The lowest BCUT2D eigenvalue weighted by Gasteiger charge is -2.22. The van der Waals surface area contributed by atoms with E-state index in [2.05, 4.69) is 0 Å². The van der Waals surface area contributed by atoms with Crippen molar-refractivity contribution in [3.05, 3.63) is 0 Å². The van der Waals surface area contributed by atoms with Gasteiger partial charge < -0.3 is 19.7 Å². The molecule has 0 heterocycles. The smallest absolute Gasteiger partial charge is 0.323 e. The highest BCUT2D eigenvalue weighted by Crippen LogP contribution is 2.23. The molecule has 0 rings (SSSR count). The second-order valence-corrected chi connectivity index (χ2v) is 3.09. The Balaban J connectivity index is 4.37. The van der Waals surface area contributed by atoms with Gasteiger partial charge in [0.1, 0.15) is 0 Å². The first-order chi connectivity index (χ1) is 7.01. The standard InChI is InChI=1S/C9H16O6/c1-3-9(7(10)11,8(12)13)6-15-5-4-14-2/h3-6H2,1-2H3,(H,10,11)(H,12,13). The van der Waals surface area contributed by atoms with Gasteiger partial charge in [-0.3, -0.25) is 9.59 Å². The molecule has 0 aromatic heterocycles. The molecular weight excluding hydrogens is 204 g/mol. The molecule has 0 aliphatic carbocycles. The second-order valence-electron chi connectivity index (χ2n) is 3.09. The van der Waals surface area contributed by atoms with Gasteiger partial charge in [0.15, 0.2) is 5.41 Å². The highest BCUT2D eigenvalue weighted by Gasteiger charge is 2.45. The molecule has 0 spiro atoms. The summed E-state index contributed by atoms with van der Waals surface area (Å²) in [6.45, 7) is 1.64. The third kappa shape index (κ3) is 3.49. The third-order valence-electron chi connectivity index (χ3n) is 2.20. The van der Waals surface area contributed by atoms with Gasteiger partial charge in [-0.25, -0.2) is 0 Å². The van der Waals surface area contributed by atoms with Crippen LogP contribution in [0.15, 0.2) is 0 Å². The summed E-state index contributed by atoms with van der Waals surface area (Å²) in [6.07, 6.45) is -0.0232. The number of rotatable bonds is 8. The summed E-state index contributed by atoms with van der Waals surface area (Å²) in [4.78, 5) is 21.7. The summed E-state index contributed by atoms with van der Waals surface area (Å²) in [5.41, 5.74) is -1.85. The first-order valence-corrected chi connectivity index (χ1v) is 4.54. The zero-order valence-corrected chi connectivity index (χ0v) is 8.86. The van der Waals surface area contributed by atoms with E-state index in [1.165, 1.54) is 14.0 Å². The molecule has 0 amide bonds. The molecule has 0 saturated carbocycles. The van der Waals surface area contributed by atoms with E-state index in [9.17, 15) is 9.59 Å². The summed E-state index contributed by atoms with van der Waals surface area (Å²) in [5, 5.41) is 17.7. The summed E-state index contributed by atoms with van der Waals surface area (Å²) < 4.78 is 9.66. The lowest BCUT2D eigenvalue weighted by Crippen LogP contribution is -2.43. The van der Waals surface area contributed by atoms with E-state index in [1.807, 2.05) is 0 Å². The Morgan fingerprint density at radius 2 is 1.73 bits per heavy atom. The predicted molar refractivity (Wildman–Crippen MR) is 50.7 cm³/mol. The molecule has 0 aromatic carbocycles. The molecule has 88 valence electrons. The van der Waals surface area contributed by atoms with Crippen molar-refractivity contribution in [2.45, 2.75) is 13.3 Å². The molecule has 0 saturated heterocycles. The van der Waals surface area contributed by atoms with Crippen LogP contribution in [0.2, 0.25) is 0 Å². The number of carboxylic acid groups (broad SMARTS) is 2. The number of carboxylic acids is 2. The van der Waals surface area contributed by atoms with E-state index < -0.39 is 17.4 Å². The van der Waals surface area contributed by atoms with Crippen molar-refractivity contribution in [3.63, 3.8) is 0 Å². The van der Waals surface area contributed by atoms with E-state index in [0.29, 0.717) is 6.61 Å². The Labute approximate surface area is 87.8 Å². The van der Waals surface area contributed by atoms with Gasteiger partial charge in [-0.1, -0.05) is 6.92 Å². The Morgan fingerprint density at radius 3 is 2.07 bits per heavy atom. The topological polar surface area (TPSA) is 93.1 Å². The van der Waals surface area contributed by atoms with E-state index in [-0.39, 0.29) is 19.6 Å². The van der Waals surface area contributed by atoms with Crippen molar-refractivity contribution < 1.29 is 29.3 Å². The van der Waals surface area contributed by atoms with Gasteiger partial charge in [-0.05, 0) is 6.42 Å². The lowest BCUT2D eigenvalue weighted by atomic mass is 9.86. The zero-order chi connectivity index (χ0) is 11.9. The molecule has 2 N–H and O–H groups in total. The van der Waals surface area contributed by atoms with Crippen LogP contribution in [0.25, 0.3) is 0 Å². The first kappa shape index (κ1) is 13.9. The normalized spacial score (nSPS) is 11.3. The maximum atomic E-state index is 10.9. The van der Waals surface area contributed by atoms with Gasteiger partial charge in [0, 0.05) is 7.11 Å². The Hall–Kier alpha value is -1.14. The first-order valence-electron chi connectivity index (χ1n) is 4.54. The minimum Gasteiger partial charge on any atom is -0.480 e. The van der Waals surface area contributed by atoms with Gasteiger partial charge in [-0.15, -0.1) is 0 Å². The number of carbonyl (C=O) groups is 2. The van der Waals surface area contributed by atoms with Crippen molar-refractivity contribution in [2.75, 3.05) is 26.9 Å². The van der Waals surface area contributed by atoms with Crippen LogP contribution in [-0.2, 0) is 19.1 Å². The van der Waals surface area contributed by atoms with E-state index in [4.69, 9.17) is 19.7 Å². The van der Waals surface area contributed by atoms with E-state index >= 15 is 0 Å². The number of aliphatic carboxylic acids is 2. The summed E-state index contributed by atoms with van der Waals surface area (Å²) in [7, 11) is 1.48. The van der Waals surface area contributed by atoms with Crippen molar-refractivity contribution in [1.82, 2.24) is 0 Å². The molecule has 15 heavy (non-hydrogen) atoms. The summed E-state index contributed by atoms with van der Waals surface area (Å²) in [6, 6.07) is 0. The zero-order valence-electron chi connectivity index (χ0n) is 8.86. The van der Waals surface area contributed by atoms with Crippen molar-refractivity contribution in [3.8, 4) is 0 Å². The van der Waals surface area contributed by atoms with Crippen LogP contribution in [-0.4, -0.2) is 49.1 Å². The summed E-state index contributed by atoms with van der Waals surface area (Å²) in [5.74, 6) is -2.76. The molecule has 0 aromatic rings. The van der Waals surface area contributed by atoms with Crippen LogP contribution < -0.4 is 0 Å². The van der Waals surface area contributed by atoms with Crippen molar-refractivity contribution >= 4 is 11.9 Å². The van der Waals surface area contributed by atoms with Gasteiger partial charge >= 0.3 is 11.9 Å². The summed E-state index contributed by atoms with van der Waals surface area (Å²) >= 11 is 0. The van der Waals surface area contributed by atoms with Gasteiger partial charge in [0.05, 0.1) is 19.8 Å². The van der Waals surface area contributed by atoms with E-state index in [0.717, 1.165) is 0 Å². The average molecular weight is 220 g/mol. The van der Waals surface area contributed by atoms with Crippen LogP contribution in [0.1, 0.15) is 13.3 Å². The van der Waals surface area contributed by atoms with Crippen LogP contribution in [0.3, 0.4) is 0 Å². The molecule has 0 unspecified atom stereocenters. The van der Waals surface area contributed by atoms with Crippen molar-refractivity contribution in [2.24, 2.45) is 5.41 Å². The molecular formula is C9H16O6. The minimum atomic E-state index is -1.85. The molecule has 0 bridgehead atoms. The van der Waals surface area contributed by atoms with Crippen molar-refractivity contribution in [1.29, 1.82) is 0 Å². The predicted octanol–water partition coefficient (Wildman–Crippen LogP) is 0.215. The van der Waals surface area contributed by atoms with Crippen LogP contribution in [0.4, 0.5) is 0 Å². The number of ether oxygens (including phenoxy) is 2. The second kappa shape index (κ2) is 6.36. The average Bonchev–Trinajstić information content (AvgIpc) is 2.17. The van der Waals surface area contributed by atoms with Gasteiger partial charge in [0.25, 0.3) is 0 Å². The maximum absolute atomic E-state index is 10.9. The number of methoxy groups -OCH3 is 1. The molecule has 0 atom stereocenters. The Bertz CT molecular complexity index is 211. The van der Waals surface area contributed by atoms with Gasteiger partial charge in [-0.2, -0.15) is 0 Å². The van der Waals surface area contributed by atoms with Crippen LogP contribution in [0.5, 0.6) is 0 Å². The molecule has 6 nitrogen and oxygen atoms in total. The highest BCUT2D eigenvalue weighted by molar-refractivity contribution is 5.98. The van der Waals surface area contributed by atoms with Gasteiger partial charge in [0.2, 0.25) is 0 Å². The monoisotopic (exact) mass is 220 g/mol. The fraction of sp³-hybridized carbons (Fsp3) is 0.778. The number of hydrogen-bond donors (Lipinski definition) is 2. The molecule has 0 fully saturated rings. The maximum Gasteiger partial charge on any atom is 0.323 e. The van der Waals surface area contributed by atoms with E-state index in [1.54, 1.807) is 0 Å². The fourth-order valence-corrected chi connectivity index (χ4v) is 1.01. The van der Waals surface area contributed by atoms with Crippen LogP contribution >= 0.6 is 0 Å². The fourth-order valence-electron chi connectivity index (χ4n) is 1.01. The largest absolute Gasteiger partial charge is 0.480 e. The number of hydrogen-bond acceptors (Lipinski definition) is 4. The molecule has 6 heteroatoms. The Morgan fingerprint density at radius 1 is 1.20 bits per heavy atom. The molecule has 0 radical (unpaired) electrons. The highest BCUT2D eigenvalue weighted by atomic mass is 16.5. The lowest BCUT2D eigenvalue weighted by molar-refractivity contribution is -0.170.